The Kier molecular flexibility index (Phi) is 7.42. The van der Waals surface area contributed by atoms with E-state index < -0.39 is 0 Å². The van der Waals surface area contributed by atoms with Crippen molar-refractivity contribution >= 4 is 5.91 Å². The molecule has 0 saturated heterocycles. The van der Waals surface area contributed by atoms with Crippen molar-refractivity contribution in [1.82, 2.24) is 10.2 Å². The number of carbonyl (C=O) groups excluding carboxylic acids is 1. The van der Waals surface area contributed by atoms with Gasteiger partial charge in [0.15, 0.2) is 0 Å². The number of amides is 1. The predicted octanol–water partition coefficient (Wildman–Crippen LogP) is 4.30. The molecule has 4 nitrogen and oxygen atoms in total. The molecular weight excluding hydrogens is 360 g/mol. The Morgan fingerprint density at radius 2 is 1.55 bits per heavy atom. The summed E-state index contributed by atoms with van der Waals surface area (Å²) in [6, 6.07) is 26.1. The lowest BCUT2D eigenvalue weighted by molar-refractivity contribution is 0.0954. The van der Waals surface area contributed by atoms with Gasteiger partial charge >= 0.3 is 0 Å². The van der Waals surface area contributed by atoms with Crippen molar-refractivity contribution in [3.05, 3.63) is 101 Å². The Labute approximate surface area is 173 Å². The quantitative estimate of drug-likeness (QED) is 0.594. The topological polar surface area (TPSA) is 41.6 Å². The maximum absolute atomic E-state index is 12.3. The third-order valence-electron chi connectivity index (χ3n) is 4.84. The van der Waals surface area contributed by atoms with Gasteiger partial charge in [0.2, 0.25) is 0 Å². The van der Waals surface area contributed by atoms with Crippen molar-refractivity contribution < 1.29 is 9.53 Å². The molecule has 0 atom stereocenters. The van der Waals surface area contributed by atoms with Crippen molar-refractivity contribution in [3.63, 3.8) is 0 Å². The molecule has 4 heteroatoms. The van der Waals surface area contributed by atoms with E-state index in [4.69, 9.17) is 4.74 Å². The Bertz CT molecular complexity index is 908. The highest BCUT2D eigenvalue weighted by molar-refractivity contribution is 5.94. The molecule has 0 saturated carbocycles. The number of methoxy groups -OCH3 is 1. The molecule has 3 aromatic rings. The molecule has 0 aliphatic rings. The molecule has 1 N–H and O–H groups in total. The van der Waals surface area contributed by atoms with E-state index >= 15 is 0 Å². The molecule has 3 aromatic carbocycles. The van der Waals surface area contributed by atoms with Gasteiger partial charge in [0, 0.05) is 30.8 Å². The zero-order valence-corrected chi connectivity index (χ0v) is 17.1. The first kappa shape index (κ1) is 20.6. The molecule has 0 unspecified atom stereocenters. The summed E-state index contributed by atoms with van der Waals surface area (Å²) in [5.41, 5.74) is 4.24. The first-order valence-corrected chi connectivity index (χ1v) is 9.87. The number of hydrogen-bond acceptors (Lipinski definition) is 3. The van der Waals surface area contributed by atoms with Crippen LogP contribution in [0.4, 0.5) is 0 Å². The molecule has 0 spiro atoms. The Balaban J connectivity index is 1.49. The van der Waals surface area contributed by atoms with E-state index in [1.807, 2.05) is 60.7 Å². The van der Waals surface area contributed by atoms with E-state index in [1.165, 1.54) is 11.1 Å². The normalized spacial score (nSPS) is 10.7. The summed E-state index contributed by atoms with van der Waals surface area (Å²) < 4.78 is 5.43. The largest absolute Gasteiger partial charge is 0.496 e. The van der Waals surface area contributed by atoms with E-state index in [-0.39, 0.29) is 5.91 Å². The van der Waals surface area contributed by atoms with Gasteiger partial charge < -0.3 is 10.1 Å². The molecule has 0 radical (unpaired) electrons. The van der Waals surface area contributed by atoms with Crippen LogP contribution in [0.1, 0.15) is 27.0 Å². The minimum atomic E-state index is -0.0325. The molecule has 1 amide bonds. The van der Waals surface area contributed by atoms with Crippen molar-refractivity contribution in [2.24, 2.45) is 0 Å². The number of nitrogens with one attached hydrogen (secondary N) is 1. The molecule has 150 valence electrons. The van der Waals surface area contributed by atoms with Crippen LogP contribution >= 0.6 is 0 Å². The molecule has 0 fully saturated rings. The number of hydrogen-bond donors (Lipinski definition) is 1. The van der Waals surface area contributed by atoms with Crippen molar-refractivity contribution in [2.75, 3.05) is 20.7 Å². The fourth-order valence-corrected chi connectivity index (χ4v) is 3.32. The molecule has 0 bridgehead atoms. The van der Waals surface area contributed by atoms with Crippen LogP contribution in [0.25, 0.3) is 0 Å². The summed E-state index contributed by atoms with van der Waals surface area (Å²) in [6.07, 6.45) is 0.832. The number of nitrogens with zero attached hydrogens (tertiary/aromatic N) is 1. The van der Waals surface area contributed by atoms with E-state index in [1.54, 1.807) is 7.11 Å². The average Bonchev–Trinajstić information content (AvgIpc) is 2.75. The molecule has 0 aliphatic heterocycles. The minimum absolute atomic E-state index is 0.0325. The van der Waals surface area contributed by atoms with Crippen molar-refractivity contribution in [3.8, 4) is 5.75 Å². The fourth-order valence-electron chi connectivity index (χ4n) is 3.32. The average molecular weight is 389 g/mol. The van der Waals surface area contributed by atoms with Gasteiger partial charge in [-0.1, -0.05) is 60.7 Å². The highest BCUT2D eigenvalue weighted by Gasteiger charge is 2.08. The molecule has 0 aromatic heterocycles. The van der Waals surface area contributed by atoms with E-state index in [2.05, 4.69) is 35.5 Å². The van der Waals surface area contributed by atoms with Gasteiger partial charge in [-0.2, -0.15) is 0 Å². The van der Waals surface area contributed by atoms with Gasteiger partial charge in [0.1, 0.15) is 5.75 Å². The second-order valence-corrected chi connectivity index (χ2v) is 7.17. The van der Waals surface area contributed by atoms with Gasteiger partial charge in [0.25, 0.3) is 5.91 Å². The SMILES string of the molecule is COc1ccccc1CN(C)Cc1ccc(C(=O)NCCc2ccccc2)cc1. The Morgan fingerprint density at radius 1 is 0.862 bits per heavy atom. The molecule has 0 heterocycles. The molecule has 3 rings (SSSR count). The van der Waals surface area contributed by atoms with Gasteiger partial charge in [0.05, 0.1) is 7.11 Å². The van der Waals surface area contributed by atoms with Crippen LogP contribution in [0.2, 0.25) is 0 Å². The molecule has 29 heavy (non-hydrogen) atoms. The van der Waals surface area contributed by atoms with Crippen LogP contribution in [-0.4, -0.2) is 31.5 Å². The van der Waals surface area contributed by atoms with Crippen LogP contribution in [0, 0.1) is 0 Å². The fraction of sp³-hybridized carbons (Fsp3) is 0.240. The summed E-state index contributed by atoms with van der Waals surface area (Å²) in [4.78, 5) is 14.6. The summed E-state index contributed by atoms with van der Waals surface area (Å²) in [5.74, 6) is 0.872. The third kappa shape index (κ3) is 6.19. The third-order valence-corrected chi connectivity index (χ3v) is 4.84. The van der Waals surface area contributed by atoms with Crippen molar-refractivity contribution in [2.45, 2.75) is 19.5 Å². The number of benzene rings is 3. The van der Waals surface area contributed by atoms with Gasteiger partial charge in [-0.25, -0.2) is 0 Å². The number of para-hydroxylation sites is 1. The second-order valence-electron chi connectivity index (χ2n) is 7.17. The first-order valence-electron chi connectivity index (χ1n) is 9.87. The molecular formula is C25H28N2O2. The lowest BCUT2D eigenvalue weighted by Crippen LogP contribution is -2.25. The van der Waals surface area contributed by atoms with Crippen LogP contribution < -0.4 is 10.1 Å². The summed E-state index contributed by atoms with van der Waals surface area (Å²) in [6.45, 7) is 2.23. The first-order chi connectivity index (χ1) is 14.2. The van der Waals surface area contributed by atoms with Gasteiger partial charge in [-0.3, -0.25) is 9.69 Å². The summed E-state index contributed by atoms with van der Waals surface area (Å²) in [5, 5.41) is 2.99. The standard InChI is InChI=1S/C25H28N2O2/c1-27(19-23-10-6-7-11-24(23)29-2)18-21-12-14-22(15-13-21)25(28)26-17-16-20-8-4-3-5-9-20/h3-15H,16-19H2,1-2H3,(H,26,28). The van der Waals surface area contributed by atoms with E-state index in [0.717, 1.165) is 30.8 Å². The predicted molar refractivity (Wildman–Crippen MR) is 117 cm³/mol. The van der Waals surface area contributed by atoms with Crippen molar-refractivity contribution in [1.29, 1.82) is 0 Å². The summed E-state index contributed by atoms with van der Waals surface area (Å²) >= 11 is 0. The van der Waals surface area contributed by atoms with Crippen LogP contribution in [-0.2, 0) is 19.5 Å². The number of carbonyl (C=O) groups is 1. The maximum Gasteiger partial charge on any atom is 0.251 e. The minimum Gasteiger partial charge on any atom is -0.496 e. The van der Waals surface area contributed by atoms with E-state index in [0.29, 0.717) is 12.1 Å². The monoisotopic (exact) mass is 388 g/mol. The van der Waals surface area contributed by atoms with Gasteiger partial charge in [-0.05, 0) is 42.8 Å². The van der Waals surface area contributed by atoms with Crippen LogP contribution in [0.3, 0.4) is 0 Å². The van der Waals surface area contributed by atoms with Gasteiger partial charge in [-0.15, -0.1) is 0 Å². The highest BCUT2D eigenvalue weighted by Crippen LogP contribution is 2.19. The lowest BCUT2D eigenvalue weighted by atomic mass is 10.1. The lowest BCUT2D eigenvalue weighted by Gasteiger charge is -2.18. The Morgan fingerprint density at radius 3 is 2.28 bits per heavy atom. The van der Waals surface area contributed by atoms with Crippen LogP contribution in [0.5, 0.6) is 5.75 Å². The number of rotatable bonds is 9. The summed E-state index contributed by atoms with van der Waals surface area (Å²) in [7, 11) is 3.78. The van der Waals surface area contributed by atoms with E-state index in [9.17, 15) is 4.79 Å². The number of ether oxygens (including phenoxy) is 1. The zero-order valence-electron chi connectivity index (χ0n) is 17.1. The highest BCUT2D eigenvalue weighted by atomic mass is 16.5. The Hall–Kier alpha value is -3.11. The second kappa shape index (κ2) is 10.4. The smallest absolute Gasteiger partial charge is 0.251 e. The maximum atomic E-state index is 12.3. The van der Waals surface area contributed by atoms with Crippen LogP contribution in [0.15, 0.2) is 78.9 Å². The molecule has 0 aliphatic carbocycles. The zero-order chi connectivity index (χ0) is 20.5.